The summed E-state index contributed by atoms with van der Waals surface area (Å²) in [4.78, 5) is 61.1. The molecule has 2 aliphatic rings. The van der Waals surface area contributed by atoms with Crippen molar-refractivity contribution in [1.29, 1.82) is 0 Å². The number of nitrogens with zero attached hydrogens (tertiary/aromatic N) is 3. The first kappa shape index (κ1) is 24.6. The molecule has 0 saturated carbocycles. The van der Waals surface area contributed by atoms with Crippen molar-refractivity contribution in [2.24, 2.45) is 16.6 Å². The maximum atomic E-state index is 13.5. The molecular weight excluding hydrogens is 466 g/mol. The molecule has 0 aromatic heterocycles. The van der Waals surface area contributed by atoms with Crippen molar-refractivity contribution in [3.05, 3.63) is 71.9 Å². The Bertz CT molecular complexity index is 1230. The second-order valence-corrected chi connectivity index (χ2v) is 8.20. The van der Waals surface area contributed by atoms with Crippen molar-refractivity contribution in [1.82, 2.24) is 10.5 Å². The van der Waals surface area contributed by atoms with Crippen LogP contribution in [0, 0.1) is 5.92 Å². The number of likely N-dealkylation sites (tertiary alicyclic amines) is 1. The van der Waals surface area contributed by atoms with Gasteiger partial charge in [0.15, 0.2) is 5.70 Å². The standard InChI is InChI=1S/C25H25N5O6/c1-35-19-11-9-18(10-12-19)30-21(25(34)36-28-30)14-20(27-23(32)16-6-3-2-4-7-16)24(33)29-13-5-8-17(15-29)22(26)31/h2-4,6-7,9-12,14,17,28H,5,8,13,15H2,1H3,(H2,26,31)/b21-14+,27-20?. The second kappa shape index (κ2) is 10.8. The van der Waals surface area contributed by atoms with Gasteiger partial charge in [-0.15, -0.1) is 0 Å². The summed E-state index contributed by atoms with van der Waals surface area (Å²) >= 11 is 0. The predicted molar refractivity (Wildman–Crippen MR) is 129 cm³/mol. The van der Waals surface area contributed by atoms with Gasteiger partial charge in [-0.2, -0.15) is 0 Å². The topological polar surface area (TPSA) is 144 Å². The minimum absolute atomic E-state index is 0.0587. The summed E-state index contributed by atoms with van der Waals surface area (Å²) in [7, 11) is 1.53. The van der Waals surface area contributed by atoms with Gasteiger partial charge in [0.05, 0.1) is 18.7 Å². The summed E-state index contributed by atoms with van der Waals surface area (Å²) in [5, 5.41) is 1.32. The van der Waals surface area contributed by atoms with Gasteiger partial charge < -0.3 is 20.2 Å². The quantitative estimate of drug-likeness (QED) is 0.456. The Morgan fingerprint density at radius 3 is 2.53 bits per heavy atom. The molecule has 2 aromatic rings. The third kappa shape index (κ3) is 5.41. The summed E-state index contributed by atoms with van der Waals surface area (Å²) in [6, 6.07) is 15.0. The van der Waals surface area contributed by atoms with Gasteiger partial charge in [-0.05, 0) is 49.2 Å². The van der Waals surface area contributed by atoms with Crippen LogP contribution in [0.3, 0.4) is 0 Å². The van der Waals surface area contributed by atoms with E-state index in [-0.39, 0.29) is 23.5 Å². The smallest absolute Gasteiger partial charge is 0.376 e. The first-order chi connectivity index (χ1) is 17.4. The van der Waals surface area contributed by atoms with Gasteiger partial charge in [0.2, 0.25) is 5.91 Å². The van der Waals surface area contributed by atoms with Crippen molar-refractivity contribution in [3.8, 4) is 5.75 Å². The van der Waals surface area contributed by atoms with Crippen LogP contribution in [0.15, 0.2) is 71.4 Å². The molecule has 2 aromatic carbocycles. The summed E-state index contributed by atoms with van der Waals surface area (Å²) < 4.78 is 5.16. The van der Waals surface area contributed by atoms with E-state index in [0.29, 0.717) is 30.8 Å². The van der Waals surface area contributed by atoms with Crippen molar-refractivity contribution in [2.45, 2.75) is 12.8 Å². The normalized spacial score (nSPS) is 19.2. The summed E-state index contributed by atoms with van der Waals surface area (Å²) in [6.07, 6.45) is 2.33. The highest BCUT2D eigenvalue weighted by Crippen LogP contribution is 2.25. The molecule has 0 bridgehead atoms. The highest BCUT2D eigenvalue weighted by molar-refractivity contribution is 6.45. The molecule has 1 atom stereocenters. The lowest BCUT2D eigenvalue weighted by atomic mass is 9.97. The number of piperidine rings is 1. The molecule has 4 rings (SSSR count). The van der Waals surface area contributed by atoms with Crippen molar-refractivity contribution in [2.75, 3.05) is 25.2 Å². The van der Waals surface area contributed by atoms with Gasteiger partial charge in [0, 0.05) is 24.7 Å². The number of ether oxygens (including phenoxy) is 1. The molecule has 11 heteroatoms. The van der Waals surface area contributed by atoms with Gasteiger partial charge in [-0.25, -0.2) is 14.8 Å². The Kier molecular flexibility index (Phi) is 7.40. The second-order valence-electron chi connectivity index (χ2n) is 8.20. The molecule has 3 amide bonds. The minimum atomic E-state index is -0.771. The number of rotatable bonds is 6. The highest BCUT2D eigenvalue weighted by atomic mass is 16.7. The van der Waals surface area contributed by atoms with E-state index < -0.39 is 29.6 Å². The zero-order valence-electron chi connectivity index (χ0n) is 19.5. The first-order valence-corrected chi connectivity index (χ1v) is 11.3. The average Bonchev–Trinajstić information content (AvgIpc) is 3.28. The van der Waals surface area contributed by atoms with Gasteiger partial charge in [-0.1, -0.05) is 23.8 Å². The molecule has 2 aliphatic heterocycles. The van der Waals surface area contributed by atoms with Crippen molar-refractivity contribution in [3.63, 3.8) is 0 Å². The van der Waals surface area contributed by atoms with Crippen LogP contribution in [0.1, 0.15) is 23.2 Å². The molecule has 186 valence electrons. The van der Waals surface area contributed by atoms with Crippen LogP contribution >= 0.6 is 0 Å². The van der Waals surface area contributed by atoms with E-state index in [0.717, 1.165) is 0 Å². The van der Waals surface area contributed by atoms with Crippen LogP contribution in [0.5, 0.6) is 5.75 Å². The number of carbonyl (C=O) groups is 4. The average molecular weight is 492 g/mol. The van der Waals surface area contributed by atoms with Crippen LogP contribution in [-0.2, 0) is 19.2 Å². The third-order valence-electron chi connectivity index (χ3n) is 5.86. The Morgan fingerprint density at radius 2 is 1.86 bits per heavy atom. The van der Waals surface area contributed by atoms with E-state index in [1.807, 2.05) is 0 Å². The van der Waals surface area contributed by atoms with Gasteiger partial charge in [-0.3, -0.25) is 14.4 Å². The fourth-order valence-corrected chi connectivity index (χ4v) is 3.91. The lowest BCUT2D eigenvalue weighted by Crippen LogP contribution is -2.46. The number of benzene rings is 2. The molecule has 11 nitrogen and oxygen atoms in total. The van der Waals surface area contributed by atoms with Crippen molar-refractivity contribution >= 4 is 35.1 Å². The maximum absolute atomic E-state index is 13.5. The highest BCUT2D eigenvalue weighted by Gasteiger charge is 2.33. The number of primary amides is 1. The molecule has 2 fully saturated rings. The molecule has 2 saturated heterocycles. The zero-order chi connectivity index (χ0) is 25.7. The van der Waals surface area contributed by atoms with E-state index in [4.69, 9.17) is 15.3 Å². The Labute approximate surface area is 207 Å². The van der Waals surface area contributed by atoms with Gasteiger partial charge >= 0.3 is 5.97 Å². The first-order valence-electron chi connectivity index (χ1n) is 11.3. The van der Waals surface area contributed by atoms with Crippen LogP contribution in [-0.4, -0.2) is 54.5 Å². The largest absolute Gasteiger partial charge is 0.497 e. The van der Waals surface area contributed by atoms with Gasteiger partial charge in [0.25, 0.3) is 11.8 Å². The minimum Gasteiger partial charge on any atom is -0.497 e. The maximum Gasteiger partial charge on any atom is 0.376 e. The molecule has 1 unspecified atom stereocenters. The van der Waals surface area contributed by atoms with E-state index in [1.165, 1.54) is 23.1 Å². The number of anilines is 1. The monoisotopic (exact) mass is 491 g/mol. The van der Waals surface area contributed by atoms with Crippen LogP contribution in [0.4, 0.5) is 5.69 Å². The summed E-state index contributed by atoms with van der Waals surface area (Å²) in [5.74, 6) is -2.43. The van der Waals surface area contributed by atoms with E-state index in [9.17, 15) is 19.2 Å². The van der Waals surface area contributed by atoms with Crippen LogP contribution < -0.4 is 21.1 Å². The molecule has 0 spiro atoms. The summed E-state index contributed by atoms with van der Waals surface area (Å²) in [5.41, 5.74) is 8.40. The SMILES string of the molecule is COc1ccc(N2NOC(=O)/C2=C\C(=NC(=O)c2ccccc2)C(=O)N2CCCC(C(N)=O)C2)cc1. The van der Waals surface area contributed by atoms with E-state index in [2.05, 4.69) is 10.6 Å². The molecule has 2 heterocycles. The molecular formula is C25H25N5O6. The fraction of sp³-hybridized carbons (Fsp3) is 0.240. The number of carbonyl (C=O) groups excluding carboxylic acids is 4. The fourth-order valence-electron chi connectivity index (χ4n) is 3.91. The Balaban J connectivity index is 1.71. The Hall–Kier alpha value is -4.51. The van der Waals surface area contributed by atoms with Crippen molar-refractivity contribution < 1.29 is 28.8 Å². The predicted octanol–water partition coefficient (Wildman–Crippen LogP) is 1.37. The van der Waals surface area contributed by atoms with Crippen LogP contribution in [0.2, 0.25) is 0 Å². The van der Waals surface area contributed by atoms with Gasteiger partial charge in [0.1, 0.15) is 11.5 Å². The lowest BCUT2D eigenvalue weighted by Gasteiger charge is -2.31. The van der Waals surface area contributed by atoms with Crippen LogP contribution in [0.25, 0.3) is 0 Å². The number of nitrogens with two attached hydrogens (primary N) is 1. The molecule has 3 N–H and O–H groups in total. The number of methoxy groups -OCH3 is 1. The number of amides is 3. The third-order valence-corrected chi connectivity index (χ3v) is 5.86. The molecule has 0 radical (unpaired) electrons. The molecule has 36 heavy (non-hydrogen) atoms. The molecule has 0 aliphatic carbocycles. The number of hydrogen-bond donors (Lipinski definition) is 2. The number of hydrazine groups is 1. The van der Waals surface area contributed by atoms with E-state index in [1.54, 1.807) is 54.6 Å². The Morgan fingerprint density at radius 1 is 1.14 bits per heavy atom. The number of hydrogen-bond acceptors (Lipinski definition) is 8. The van der Waals surface area contributed by atoms with E-state index >= 15 is 0 Å². The number of aliphatic imine (C=N–C) groups is 1. The number of nitrogens with one attached hydrogen (secondary N) is 1. The summed E-state index contributed by atoms with van der Waals surface area (Å²) in [6.45, 7) is 0.454. The lowest BCUT2D eigenvalue weighted by molar-refractivity contribution is -0.140. The zero-order valence-corrected chi connectivity index (χ0v) is 19.5.